The molecule has 1 heterocycles. The molecular weight excluding hydrogens is 263 g/mol. The van der Waals surface area contributed by atoms with Gasteiger partial charge in [0.2, 0.25) is 5.78 Å². The largest absolute Gasteiger partial charge is 1.00 e. The average molecular weight is 275 g/mol. The fourth-order valence-electron chi connectivity index (χ4n) is 1.21. The van der Waals surface area contributed by atoms with Gasteiger partial charge in [-0.05, 0) is 0 Å². The maximum atomic E-state index is 12.2. The molecule has 92 valence electrons. The fourth-order valence-corrected chi connectivity index (χ4v) is 1.21. The SMILES string of the molecule is C=CC(=O)OC1NCCOC1C(=O)C(F)F.[H-].[K+]. The van der Waals surface area contributed by atoms with Gasteiger partial charge in [-0.2, -0.15) is 0 Å². The van der Waals surface area contributed by atoms with Crippen molar-refractivity contribution >= 4 is 11.8 Å². The maximum Gasteiger partial charge on any atom is 1.00 e. The number of hydrogen-bond acceptors (Lipinski definition) is 5. The molecule has 0 aromatic rings. The van der Waals surface area contributed by atoms with E-state index in [1.807, 2.05) is 0 Å². The summed E-state index contributed by atoms with van der Waals surface area (Å²) in [5, 5.41) is 2.60. The van der Waals surface area contributed by atoms with Gasteiger partial charge in [0, 0.05) is 12.6 Å². The molecule has 1 saturated heterocycles. The average Bonchev–Trinajstić information content (AvgIpc) is 2.28. The number of alkyl halides is 2. The molecule has 1 rings (SSSR count). The van der Waals surface area contributed by atoms with Crippen LogP contribution in [0.4, 0.5) is 8.78 Å². The van der Waals surface area contributed by atoms with Crippen molar-refractivity contribution in [1.29, 1.82) is 0 Å². The van der Waals surface area contributed by atoms with Crippen molar-refractivity contribution in [3.05, 3.63) is 12.7 Å². The Morgan fingerprint density at radius 2 is 2.24 bits per heavy atom. The number of carbonyl (C=O) groups excluding carboxylic acids is 2. The number of halogens is 2. The molecule has 0 radical (unpaired) electrons. The molecule has 0 spiro atoms. The quantitative estimate of drug-likeness (QED) is 0.336. The molecule has 1 N–H and O–H groups in total. The van der Waals surface area contributed by atoms with Crippen molar-refractivity contribution in [3.8, 4) is 0 Å². The molecule has 0 aromatic heterocycles. The predicted molar refractivity (Wildman–Crippen MR) is 49.9 cm³/mol. The van der Waals surface area contributed by atoms with Crippen LogP contribution in [0.3, 0.4) is 0 Å². The molecule has 2 unspecified atom stereocenters. The van der Waals surface area contributed by atoms with E-state index < -0.39 is 30.5 Å². The van der Waals surface area contributed by atoms with E-state index in [1.165, 1.54) is 0 Å². The number of carbonyl (C=O) groups is 2. The van der Waals surface area contributed by atoms with Crippen LogP contribution >= 0.6 is 0 Å². The standard InChI is InChI=1S/C9H11F2NO4.K.H/c1-2-5(13)16-9-7(6(14)8(10)11)15-4-3-12-9;;/h2,7-9,12H,1,3-4H2;;/q;+1;-1. The number of nitrogens with one attached hydrogen (secondary N) is 1. The Labute approximate surface area is 141 Å². The molecule has 0 aliphatic carbocycles. The second-order valence-electron chi connectivity index (χ2n) is 3.01. The zero-order valence-electron chi connectivity index (χ0n) is 10.3. The number of ketones is 1. The van der Waals surface area contributed by atoms with Gasteiger partial charge in [-0.3, -0.25) is 10.1 Å². The smallest absolute Gasteiger partial charge is 1.00 e. The Hall–Kier alpha value is 0.296. The summed E-state index contributed by atoms with van der Waals surface area (Å²) in [5.74, 6) is -2.22. The second-order valence-corrected chi connectivity index (χ2v) is 3.01. The summed E-state index contributed by atoms with van der Waals surface area (Å²) in [6.07, 6.45) is -4.95. The van der Waals surface area contributed by atoms with Crippen molar-refractivity contribution in [2.45, 2.75) is 18.8 Å². The maximum absolute atomic E-state index is 12.2. The summed E-state index contributed by atoms with van der Waals surface area (Å²) in [6, 6.07) is 0. The summed E-state index contributed by atoms with van der Waals surface area (Å²) in [6.45, 7) is 3.56. The predicted octanol–water partition coefficient (Wildman–Crippen LogP) is -3.02. The first-order valence-corrected chi connectivity index (χ1v) is 4.56. The van der Waals surface area contributed by atoms with Crippen molar-refractivity contribution in [3.63, 3.8) is 0 Å². The first kappa shape index (κ1) is 17.3. The Balaban J connectivity index is 0. The monoisotopic (exact) mass is 275 g/mol. The van der Waals surface area contributed by atoms with Crippen LogP contribution in [0.25, 0.3) is 0 Å². The summed E-state index contributed by atoms with van der Waals surface area (Å²) in [7, 11) is 0. The van der Waals surface area contributed by atoms with Crippen LogP contribution in [0.5, 0.6) is 0 Å². The third-order valence-electron chi connectivity index (χ3n) is 1.93. The van der Waals surface area contributed by atoms with E-state index in [4.69, 9.17) is 4.74 Å². The third kappa shape index (κ3) is 5.21. The van der Waals surface area contributed by atoms with E-state index in [0.29, 0.717) is 6.54 Å². The van der Waals surface area contributed by atoms with Gasteiger partial charge in [-0.25, -0.2) is 13.6 Å². The summed E-state index contributed by atoms with van der Waals surface area (Å²) in [5.41, 5.74) is 0. The van der Waals surface area contributed by atoms with Gasteiger partial charge in [-0.15, -0.1) is 0 Å². The topological polar surface area (TPSA) is 64.6 Å². The van der Waals surface area contributed by atoms with Crippen molar-refractivity contribution in [2.75, 3.05) is 13.2 Å². The molecule has 0 amide bonds. The van der Waals surface area contributed by atoms with E-state index in [1.54, 1.807) is 0 Å². The molecule has 1 aliphatic rings. The summed E-state index contributed by atoms with van der Waals surface area (Å²) >= 11 is 0. The second kappa shape index (κ2) is 8.41. The normalized spacial score (nSPS) is 23.7. The van der Waals surface area contributed by atoms with Crippen molar-refractivity contribution in [2.24, 2.45) is 0 Å². The van der Waals surface area contributed by atoms with Crippen LogP contribution in [0.1, 0.15) is 1.43 Å². The number of ether oxygens (including phenoxy) is 2. The molecule has 0 saturated carbocycles. The number of Topliss-reactive ketones (excluding diaryl/α,β-unsaturated/α-hetero) is 1. The van der Waals surface area contributed by atoms with Gasteiger partial charge in [-0.1, -0.05) is 6.58 Å². The van der Waals surface area contributed by atoms with Gasteiger partial charge in [0.15, 0.2) is 12.3 Å². The molecule has 0 aromatic carbocycles. The molecule has 5 nitrogen and oxygen atoms in total. The van der Waals surface area contributed by atoms with Crippen LogP contribution in [0.15, 0.2) is 12.7 Å². The molecule has 17 heavy (non-hydrogen) atoms. The van der Waals surface area contributed by atoms with Gasteiger partial charge in [0.1, 0.15) is 0 Å². The first-order chi connectivity index (χ1) is 7.56. The Morgan fingerprint density at radius 1 is 1.59 bits per heavy atom. The van der Waals surface area contributed by atoms with Crippen molar-refractivity contribution < 1.29 is 80.7 Å². The number of hydrogen-bond donors (Lipinski definition) is 1. The summed E-state index contributed by atoms with van der Waals surface area (Å²) < 4.78 is 33.9. The van der Waals surface area contributed by atoms with E-state index in [-0.39, 0.29) is 59.4 Å². The Kier molecular flexibility index (Phi) is 8.55. The van der Waals surface area contributed by atoms with Crippen LogP contribution in [-0.2, 0) is 19.1 Å². The van der Waals surface area contributed by atoms with E-state index in [9.17, 15) is 18.4 Å². The minimum absolute atomic E-state index is 0. The van der Waals surface area contributed by atoms with Crippen LogP contribution in [0.2, 0.25) is 0 Å². The molecule has 8 heteroatoms. The van der Waals surface area contributed by atoms with Gasteiger partial charge < -0.3 is 10.9 Å². The minimum atomic E-state index is -3.16. The molecule has 0 bridgehead atoms. The minimum Gasteiger partial charge on any atom is -1.00 e. The molecule has 1 fully saturated rings. The van der Waals surface area contributed by atoms with Crippen molar-refractivity contribution in [1.82, 2.24) is 5.32 Å². The summed E-state index contributed by atoms with van der Waals surface area (Å²) in [4.78, 5) is 21.9. The number of esters is 1. The van der Waals surface area contributed by atoms with Gasteiger partial charge in [0.05, 0.1) is 6.61 Å². The fraction of sp³-hybridized carbons (Fsp3) is 0.556. The van der Waals surface area contributed by atoms with Gasteiger partial charge in [0.25, 0.3) is 6.43 Å². The Bertz CT molecular complexity index is 306. The van der Waals surface area contributed by atoms with Gasteiger partial charge >= 0.3 is 57.4 Å². The first-order valence-electron chi connectivity index (χ1n) is 4.56. The number of morpholine rings is 1. The zero-order chi connectivity index (χ0) is 12.1. The number of rotatable bonds is 4. The van der Waals surface area contributed by atoms with Crippen LogP contribution in [0, 0.1) is 0 Å². The zero-order valence-corrected chi connectivity index (χ0v) is 12.4. The Morgan fingerprint density at radius 3 is 2.76 bits per heavy atom. The van der Waals surface area contributed by atoms with Crippen LogP contribution in [-0.4, -0.2) is 43.7 Å². The van der Waals surface area contributed by atoms with Crippen LogP contribution < -0.4 is 56.7 Å². The van der Waals surface area contributed by atoms with E-state index >= 15 is 0 Å². The molecule has 1 aliphatic heterocycles. The molecule has 2 atom stereocenters. The molecular formula is C9H12F2KNO4. The third-order valence-corrected chi connectivity index (χ3v) is 1.93. The van der Waals surface area contributed by atoms with E-state index in [0.717, 1.165) is 6.08 Å². The van der Waals surface area contributed by atoms with E-state index in [2.05, 4.69) is 16.6 Å².